The molecule has 1 unspecified atom stereocenters. The van der Waals surface area contributed by atoms with Crippen LogP contribution in [-0.4, -0.2) is 16.1 Å². The van der Waals surface area contributed by atoms with E-state index in [-0.39, 0.29) is 6.04 Å². The second-order valence-corrected chi connectivity index (χ2v) is 5.83. The molecule has 0 aliphatic carbocycles. The van der Waals surface area contributed by atoms with E-state index in [9.17, 15) is 0 Å². The van der Waals surface area contributed by atoms with Gasteiger partial charge in [0, 0.05) is 31.9 Å². The summed E-state index contributed by atoms with van der Waals surface area (Å²) in [6, 6.07) is 14.7. The average molecular weight is 309 g/mol. The van der Waals surface area contributed by atoms with Crippen molar-refractivity contribution in [1.29, 1.82) is 0 Å². The molecule has 23 heavy (non-hydrogen) atoms. The van der Waals surface area contributed by atoms with Crippen LogP contribution in [0.25, 0.3) is 0 Å². The number of nitrogens with zero attached hydrogens (tertiary/aromatic N) is 2. The Labute approximate surface area is 137 Å². The van der Waals surface area contributed by atoms with Crippen molar-refractivity contribution in [3.8, 4) is 0 Å². The number of furan rings is 1. The number of rotatable bonds is 7. The summed E-state index contributed by atoms with van der Waals surface area (Å²) in [5, 5.41) is 3.49. The van der Waals surface area contributed by atoms with Gasteiger partial charge in [-0.1, -0.05) is 30.3 Å². The van der Waals surface area contributed by atoms with Gasteiger partial charge in [0.15, 0.2) is 0 Å². The highest BCUT2D eigenvalue weighted by Gasteiger charge is 2.09. The molecule has 1 aromatic carbocycles. The van der Waals surface area contributed by atoms with Crippen molar-refractivity contribution in [2.24, 2.45) is 0 Å². The van der Waals surface area contributed by atoms with E-state index in [1.54, 1.807) is 0 Å². The second kappa shape index (κ2) is 7.29. The summed E-state index contributed by atoms with van der Waals surface area (Å²) in [5.74, 6) is 3.03. The predicted molar refractivity (Wildman–Crippen MR) is 91.3 cm³/mol. The van der Waals surface area contributed by atoms with E-state index in [2.05, 4.69) is 46.1 Å². The summed E-state index contributed by atoms with van der Waals surface area (Å²) < 4.78 is 7.86. The lowest BCUT2D eigenvalue weighted by atomic mass is 10.2. The van der Waals surface area contributed by atoms with E-state index in [0.717, 1.165) is 36.9 Å². The molecule has 0 bridgehead atoms. The fourth-order valence-electron chi connectivity index (χ4n) is 2.68. The van der Waals surface area contributed by atoms with Crippen LogP contribution < -0.4 is 5.32 Å². The molecule has 1 atom stereocenters. The SMILES string of the molecule is Cc1ccc(C(C)NCCc2nccn2Cc2ccccc2)o1. The molecule has 0 radical (unpaired) electrons. The van der Waals surface area contributed by atoms with Crippen LogP contribution >= 0.6 is 0 Å². The molecular formula is C19H23N3O. The van der Waals surface area contributed by atoms with E-state index >= 15 is 0 Å². The van der Waals surface area contributed by atoms with Crippen molar-refractivity contribution < 1.29 is 4.42 Å². The quantitative estimate of drug-likeness (QED) is 0.723. The first-order valence-corrected chi connectivity index (χ1v) is 8.06. The Balaban J connectivity index is 1.54. The molecule has 0 aliphatic heterocycles. The lowest BCUT2D eigenvalue weighted by molar-refractivity contribution is 0.416. The van der Waals surface area contributed by atoms with Gasteiger partial charge in [-0.25, -0.2) is 4.98 Å². The number of nitrogens with one attached hydrogen (secondary N) is 1. The Bertz CT molecular complexity index is 730. The number of hydrogen-bond donors (Lipinski definition) is 1. The fourth-order valence-corrected chi connectivity index (χ4v) is 2.68. The van der Waals surface area contributed by atoms with Crippen LogP contribution in [0.1, 0.15) is 35.9 Å². The predicted octanol–water partition coefficient (Wildman–Crippen LogP) is 3.73. The topological polar surface area (TPSA) is 43.0 Å². The highest BCUT2D eigenvalue weighted by molar-refractivity contribution is 5.16. The monoisotopic (exact) mass is 309 g/mol. The van der Waals surface area contributed by atoms with Crippen LogP contribution in [0.3, 0.4) is 0 Å². The van der Waals surface area contributed by atoms with Gasteiger partial charge >= 0.3 is 0 Å². The first-order valence-electron chi connectivity index (χ1n) is 8.06. The van der Waals surface area contributed by atoms with Crippen LogP contribution in [-0.2, 0) is 13.0 Å². The van der Waals surface area contributed by atoms with Crippen molar-refractivity contribution in [3.63, 3.8) is 0 Å². The molecule has 0 saturated carbocycles. The van der Waals surface area contributed by atoms with Gasteiger partial charge in [-0.15, -0.1) is 0 Å². The van der Waals surface area contributed by atoms with E-state index in [0.29, 0.717) is 0 Å². The zero-order valence-electron chi connectivity index (χ0n) is 13.7. The van der Waals surface area contributed by atoms with Gasteiger partial charge in [-0.3, -0.25) is 0 Å². The number of aromatic nitrogens is 2. The van der Waals surface area contributed by atoms with Gasteiger partial charge in [0.25, 0.3) is 0 Å². The first-order chi connectivity index (χ1) is 11.2. The maximum absolute atomic E-state index is 5.65. The van der Waals surface area contributed by atoms with Crippen molar-refractivity contribution in [1.82, 2.24) is 14.9 Å². The molecule has 120 valence electrons. The molecule has 1 N–H and O–H groups in total. The van der Waals surface area contributed by atoms with Crippen molar-refractivity contribution in [3.05, 3.63) is 77.8 Å². The maximum atomic E-state index is 5.65. The van der Waals surface area contributed by atoms with Crippen molar-refractivity contribution >= 4 is 0 Å². The van der Waals surface area contributed by atoms with Gasteiger partial charge in [0.05, 0.1) is 6.04 Å². The maximum Gasteiger partial charge on any atom is 0.120 e. The Hall–Kier alpha value is -2.33. The van der Waals surface area contributed by atoms with Crippen LogP contribution in [0, 0.1) is 6.92 Å². The molecule has 0 saturated heterocycles. The summed E-state index contributed by atoms with van der Waals surface area (Å²) in [4.78, 5) is 4.49. The molecule has 2 aromatic heterocycles. The van der Waals surface area contributed by atoms with E-state index in [1.165, 1.54) is 5.56 Å². The largest absolute Gasteiger partial charge is 0.465 e. The van der Waals surface area contributed by atoms with E-state index < -0.39 is 0 Å². The number of aryl methyl sites for hydroxylation is 1. The zero-order chi connectivity index (χ0) is 16.1. The number of imidazole rings is 1. The van der Waals surface area contributed by atoms with E-state index in [1.807, 2.05) is 37.5 Å². The fraction of sp³-hybridized carbons (Fsp3) is 0.316. The number of benzene rings is 1. The van der Waals surface area contributed by atoms with Gasteiger partial charge < -0.3 is 14.3 Å². The highest BCUT2D eigenvalue weighted by atomic mass is 16.3. The minimum absolute atomic E-state index is 0.209. The van der Waals surface area contributed by atoms with Crippen LogP contribution in [0.2, 0.25) is 0 Å². The minimum Gasteiger partial charge on any atom is -0.465 e. The second-order valence-electron chi connectivity index (χ2n) is 5.83. The Kier molecular flexibility index (Phi) is 4.93. The standard InChI is InChI=1S/C19H23N3O/c1-15-8-9-18(23-15)16(2)20-11-10-19-21-12-13-22(19)14-17-6-4-3-5-7-17/h3-9,12-13,16,20H,10-11,14H2,1-2H3. The molecule has 4 heteroatoms. The summed E-state index contributed by atoms with van der Waals surface area (Å²) in [6.45, 7) is 5.82. The third-order valence-corrected chi connectivity index (χ3v) is 3.98. The lowest BCUT2D eigenvalue weighted by Gasteiger charge is -2.12. The molecule has 0 fully saturated rings. The average Bonchev–Trinajstić information content (AvgIpc) is 3.18. The third kappa shape index (κ3) is 4.11. The molecule has 2 heterocycles. The highest BCUT2D eigenvalue weighted by Crippen LogP contribution is 2.15. The van der Waals surface area contributed by atoms with Crippen molar-refractivity contribution in [2.75, 3.05) is 6.54 Å². The van der Waals surface area contributed by atoms with Gasteiger partial charge in [0.2, 0.25) is 0 Å². The normalized spacial score (nSPS) is 12.4. The first kappa shape index (κ1) is 15.6. The van der Waals surface area contributed by atoms with Crippen molar-refractivity contribution in [2.45, 2.75) is 32.9 Å². The summed E-state index contributed by atoms with van der Waals surface area (Å²) in [5.41, 5.74) is 1.29. The van der Waals surface area contributed by atoms with Crippen LogP contribution in [0.15, 0.2) is 59.3 Å². The Morgan fingerprint density at radius 1 is 1.17 bits per heavy atom. The lowest BCUT2D eigenvalue weighted by Crippen LogP contribution is -2.22. The van der Waals surface area contributed by atoms with Gasteiger partial charge in [-0.2, -0.15) is 0 Å². The Morgan fingerprint density at radius 3 is 2.74 bits per heavy atom. The summed E-state index contributed by atoms with van der Waals surface area (Å²) in [7, 11) is 0. The molecule has 3 aromatic rings. The van der Waals surface area contributed by atoms with E-state index in [4.69, 9.17) is 4.42 Å². The van der Waals surface area contributed by atoms with Crippen LogP contribution in [0.4, 0.5) is 0 Å². The minimum atomic E-state index is 0.209. The molecule has 0 spiro atoms. The summed E-state index contributed by atoms with van der Waals surface area (Å²) in [6.07, 6.45) is 4.81. The molecule has 0 aliphatic rings. The molecule has 4 nitrogen and oxygen atoms in total. The van der Waals surface area contributed by atoms with Gasteiger partial charge in [0.1, 0.15) is 17.3 Å². The molecule has 3 rings (SSSR count). The Morgan fingerprint density at radius 2 is 2.00 bits per heavy atom. The van der Waals surface area contributed by atoms with Gasteiger partial charge in [-0.05, 0) is 31.5 Å². The summed E-state index contributed by atoms with van der Waals surface area (Å²) >= 11 is 0. The third-order valence-electron chi connectivity index (χ3n) is 3.98. The smallest absolute Gasteiger partial charge is 0.120 e. The zero-order valence-corrected chi connectivity index (χ0v) is 13.7. The van der Waals surface area contributed by atoms with Crippen LogP contribution in [0.5, 0.6) is 0 Å². The number of hydrogen-bond acceptors (Lipinski definition) is 3. The molecule has 0 amide bonds. The molecular weight excluding hydrogens is 286 g/mol.